The Kier molecular flexibility index (Phi) is 3.93. The zero-order valence-electron chi connectivity index (χ0n) is 11.8. The Morgan fingerprint density at radius 1 is 1.32 bits per heavy atom. The summed E-state index contributed by atoms with van der Waals surface area (Å²) in [6.07, 6.45) is 3.64. The molecule has 1 aliphatic rings. The Hall–Kier alpha value is -2.22. The molecule has 116 valence electrons. The van der Waals surface area contributed by atoms with Gasteiger partial charge in [0.2, 0.25) is 0 Å². The molecule has 22 heavy (non-hydrogen) atoms. The first kappa shape index (κ1) is 14.7. The summed E-state index contributed by atoms with van der Waals surface area (Å²) in [5, 5.41) is 6.81. The first-order chi connectivity index (χ1) is 10.5. The number of carbonyl (C=O) groups is 1. The number of nitrogens with one attached hydrogen (secondary N) is 1. The van der Waals surface area contributed by atoms with E-state index < -0.39 is 9.84 Å². The van der Waals surface area contributed by atoms with Crippen LogP contribution in [0.4, 0.5) is 0 Å². The standard InChI is InChI=1S/C14H16N4O3S/c19-14(16-7-11-5-6-22(20,21)8-11)12-1-3-13(4-2-12)18-10-15-9-17-18/h1-4,9-11H,5-8H2,(H,16,19). The lowest BCUT2D eigenvalue weighted by atomic mass is 10.1. The van der Waals surface area contributed by atoms with Gasteiger partial charge in [-0.05, 0) is 36.6 Å². The van der Waals surface area contributed by atoms with Crippen molar-refractivity contribution in [2.75, 3.05) is 18.1 Å². The maximum absolute atomic E-state index is 12.1. The molecule has 0 saturated carbocycles. The van der Waals surface area contributed by atoms with Crippen molar-refractivity contribution in [2.24, 2.45) is 5.92 Å². The van der Waals surface area contributed by atoms with E-state index in [-0.39, 0.29) is 23.3 Å². The summed E-state index contributed by atoms with van der Waals surface area (Å²) in [6, 6.07) is 6.97. The third-order valence-electron chi connectivity index (χ3n) is 3.69. The zero-order chi connectivity index (χ0) is 15.6. The zero-order valence-corrected chi connectivity index (χ0v) is 12.7. The van der Waals surface area contributed by atoms with Gasteiger partial charge in [0, 0.05) is 12.1 Å². The summed E-state index contributed by atoms with van der Waals surface area (Å²) in [5.41, 5.74) is 1.35. The number of nitrogens with zero attached hydrogens (tertiary/aromatic N) is 3. The van der Waals surface area contributed by atoms with Crippen molar-refractivity contribution in [2.45, 2.75) is 6.42 Å². The van der Waals surface area contributed by atoms with Gasteiger partial charge in [0.25, 0.3) is 5.91 Å². The van der Waals surface area contributed by atoms with Crippen LogP contribution in [0.3, 0.4) is 0 Å². The van der Waals surface area contributed by atoms with Gasteiger partial charge in [-0.25, -0.2) is 18.1 Å². The van der Waals surface area contributed by atoms with E-state index in [1.165, 1.54) is 6.33 Å². The minimum atomic E-state index is -2.91. The fourth-order valence-corrected chi connectivity index (χ4v) is 4.34. The van der Waals surface area contributed by atoms with Crippen molar-refractivity contribution in [3.8, 4) is 5.69 Å². The van der Waals surface area contributed by atoms with Crippen LogP contribution in [-0.2, 0) is 9.84 Å². The normalized spacial score (nSPS) is 19.9. The van der Waals surface area contributed by atoms with Crippen LogP contribution in [0.15, 0.2) is 36.9 Å². The molecule has 2 heterocycles. The third-order valence-corrected chi connectivity index (χ3v) is 5.53. The Morgan fingerprint density at radius 3 is 2.68 bits per heavy atom. The highest BCUT2D eigenvalue weighted by Crippen LogP contribution is 2.17. The van der Waals surface area contributed by atoms with Gasteiger partial charge in [-0.15, -0.1) is 0 Å². The monoisotopic (exact) mass is 320 g/mol. The van der Waals surface area contributed by atoms with E-state index in [9.17, 15) is 13.2 Å². The average molecular weight is 320 g/mol. The van der Waals surface area contributed by atoms with Crippen LogP contribution < -0.4 is 5.32 Å². The van der Waals surface area contributed by atoms with Gasteiger partial charge >= 0.3 is 0 Å². The number of hydrogen-bond donors (Lipinski definition) is 1. The second kappa shape index (κ2) is 5.88. The van der Waals surface area contributed by atoms with Crippen molar-refractivity contribution in [3.05, 3.63) is 42.5 Å². The molecule has 3 rings (SSSR count). The Bertz CT molecular complexity index is 754. The summed E-state index contributed by atoms with van der Waals surface area (Å²) in [4.78, 5) is 15.9. The highest BCUT2D eigenvalue weighted by Gasteiger charge is 2.27. The van der Waals surface area contributed by atoms with Crippen LogP contribution in [0.25, 0.3) is 5.69 Å². The number of hydrogen-bond acceptors (Lipinski definition) is 5. The molecule has 1 saturated heterocycles. The summed E-state index contributed by atoms with van der Waals surface area (Å²) >= 11 is 0. The lowest BCUT2D eigenvalue weighted by Gasteiger charge is -2.10. The van der Waals surface area contributed by atoms with E-state index in [1.54, 1.807) is 35.3 Å². The molecule has 1 amide bonds. The van der Waals surface area contributed by atoms with Crippen LogP contribution in [0.5, 0.6) is 0 Å². The second-order valence-corrected chi connectivity index (χ2v) is 7.59. The molecule has 1 aromatic carbocycles. The Labute approximate surface area is 128 Å². The van der Waals surface area contributed by atoms with E-state index in [1.807, 2.05) is 0 Å². The van der Waals surface area contributed by atoms with E-state index in [2.05, 4.69) is 15.4 Å². The van der Waals surface area contributed by atoms with Crippen molar-refractivity contribution < 1.29 is 13.2 Å². The Balaban J connectivity index is 1.59. The quantitative estimate of drug-likeness (QED) is 0.882. The minimum absolute atomic E-state index is 0.0170. The van der Waals surface area contributed by atoms with Gasteiger partial charge in [0.05, 0.1) is 17.2 Å². The molecule has 0 radical (unpaired) electrons. The van der Waals surface area contributed by atoms with Crippen molar-refractivity contribution in [1.82, 2.24) is 20.1 Å². The maximum Gasteiger partial charge on any atom is 0.251 e. The van der Waals surface area contributed by atoms with Gasteiger partial charge in [-0.1, -0.05) is 0 Å². The molecule has 7 nitrogen and oxygen atoms in total. The van der Waals surface area contributed by atoms with Gasteiger partial charge in [0.1, 0.15) is 12.7 Å². The number of rotatable bonds is 4. The van der Waals surface area contributed by atoms with Gasteiger partial charge in [-0.3, -0.25) is 4.79 Å². The molecule has 0 aliphatic carbocycles. The molecule has 1 N–H and O–H groups in total. The van der Waals surface area contributed by atoms with Crippen LogP contribution in [-0.4, -0.2) is 47.1 Å². The van der Waals surface area contributed by atoms with Crippen molar-refractivity contribution >= 4 is 15.7 Å². The van der Waals surface area contributed by atoms with Crippen molar-refractivity contribution in [1.29, 1.82) is 0 Å². The molecule has 8 heteroatoms. The lowest BCUT2D eigenvalue weighted by Crippen LogP contribution is -2.29. The fourth-order valence-electron chi connectivity index (χ4n) is 2.48. The molecule has 2 aromatic rings. The summed E-state index contributed by atoms with van der Waals surface area (Å²) < 4.78 is 24.4. The summed E-state index contributed by atoms with van der Waals surface area (Å²) in [7, 11) is -2.91. The number of benzene rings is 1. The predicted molar refractivity (Wildman–Crippen MR) is 80.5 cm³/mol. The molecule has 0 bridgehead atoms. The molecule has 1 atom stereocenters. The van der Waals surface area contributed by atoms with Gasteiger partial charge in [-0.2, -0.15) is 5.10 Å². The molecule has 0 spiro atoms. The highest BCUT2D eigenvalue weighted by molar-refractivity contribution is 7.91. The molecule has 1 unspecified atom stereocenters. The smallest absolute Gasteiger partial charge is 0.251 e. The first-order valence-corrected chi connectivity index (χ1v) is 8.79. The van der Waals surface area contributed by atoms with E-state index in [4.69, 9.17) is 0 Å². The molecular weight excluding hydrogens is 304 g/mol. The number of amides is 1. The van der Waals surface area contributed by atoms with Crippen LogP contribution in [0.1, 0.15) is 16.8 Å². The molecular formula is C14H16N4O3S. The van der Waals surface area contributed by atoms with Crippen LogP contribution in [0.2, 0.25) is 0 Å². The van der Waals surface area contributed by atoms with Crippen LogP contribution >= 0.6 is 0 Å². The Morgan fingerprint density at radius 2 is 2.09 bits per heavy atom. The predicted octanol–water partition coefficient (Wildman–Crippen LogP) is 0.432. The average Bonchev–Trinajstić information content (AvgIpc) is 3.14. The van der Waals surface area contributed by atoms with Crippen LogP contribution in [0, 0.1) is 5.92 Å². The first-order valence-electron chi connectivity index (χ1n) is 6.97. The van der Waals surface area contributed by atoms with Gasteiger partial charge < -0.3 is 5.32 Å². The second-order valence-electron chi connectivity index (χ2n) is 5.37. The molecule has 1 aliphatic heterocycles. The number of carbonyl (C=O) groups excluding carboxylic acids is 1. The van der Waals surface area contributed by atoms with Gasteiger partial charge in [0.15, 0.2) is 9.84 Å². The number of sulfone groups is 1. The SMILES string of the molecule is O=C(NCC1CCS(=O)(=O)C1)c1ccc(-n2cncn2)cc1. The van der Waals surface area contributed by atoms with E-state index in [0.29, 0.717) is 18.5 Å². The largest absolute Gasteiger partial charge is 0.352 e. The highest BCUT2D eigenvalue weighted by atomic mass is 32.2. The summed E-state index contributed by atoms with van der Waals surface area (Å²) in [6.45, 7) is 0.392. The fraction of sp³-hybridized carbons (Fsp3) is 0.357. The minimum Gasteiger partial charge on any atom is -0.352 e. The summed E-state index contributed by atoms with van der Waals surface area (Å²) in [5.74, 6) is 0.205. The maximum atomic E-state index is 12.1. The van der Waals surface area contributed by atoms with Crippen molar-refractivity contribution in [3.63, 3.8) is 0 Å². The number of aromatic nitrogens is 3. The van der Waals surface area contributed by atoms with E-state index >= 15 is 0 Å². The molecule has 1 fully saturated rings. The third kappa shape index (κ3) is 3.33. The topological polar surface area (TPSA) is 94.0 Å². The molecule has 1 aromatic heterocycles. The van der Waals surface area contributed by atoms with E-state index in [0.717, 1.165) is 5.69 Å². The lowest BCUT2D eigenvalue weighted by molar-refractivity contribution is 0.0948.